The normalized spacial score (nSPS) is 9.14. The molecular weight excluding hydrogens is 88.1 g/mol. The van der Waals surface area contributed by atoms with Crippen LogP contribution in [0.1, 0.15) is 0 Å². The van der Waals surface area contributed by atoms with Gasteiger partial charge in [0, 0.05) is 12.1 Å². The molecule has 1 heteroatoms. The van der Waals surface area contributed by atoms with Crippen LogP contribution in [0.25, 0.3) is 13.2 Å². The van der Waals surface area contributed by atoms with Crippen molar-refractivity contribution >= 4 is 13.2 Å². The van der Waals surface area contributed by atoms with E-state index >= 15 is 0 Å². The molecule has 0 aliphatic rings. The summed E-state index contributed by atoms with van der Waals surface area (Å²) in [6.07, 6.45) is 0. The summed E-state index contributed by atoms with van der Waals surface area (Å²) in [7, 11) is 0. The molecule has 0 bridgehead atoms. The molecule has 1 aromatic rings. The molecule has 0 fully saturated rings. The highest BCUT2D eigenvalue weighted by Crippen LogP contribution is 1.59. The number of rotatable bonds is 0. The summed E-state index contributed by atoms with van der Waals surface area (Å²) in [5, 5.41) is 0. The highest BCUT2D eigenvalue weighted by atomic mass is 16.3. The summed E-state index contributed by atoms with van der Waals surface area (Å²) in [5.41, 5.74) is 1.59. The standard InChI is InChI=1S/C6H6O/c1-5-3-4-6(2)7-5/h3-4H,1-2H2/p+1. The van der Waals surface area contributed by atoms with E-state index in [4.69, 9.17) is 0 Å². The summed E-state index contributed by atoms with van der Waals surface area (Å²) < 4.78 is 3.89. The van der Waals surface area contributed by atoms with Crippen molar-refractivity contribution in [3.05, 3.63) is 23.0 Å². The van der Waals surface area contributed by atoms with E-state index in [1.807, 2.05) is 12.1 Å². The van der Waals surface area contributed by atoms with Crippen molar-refractivity contribution in [3.63, 3.8) is 0 Å². The molecule has 1 nitrogen and oxygen atoms in total. The molecule has 36 valence electrons. The van der Waals surface area contributed by atoms with Crippen LogP contribution in [0.3, 0.4) is 0 Å². The molecule has 0 aromatic carbocycles. The van der Waals surface area contributed by atoms with E-state index in [-0.39, 0.29) is 0 Å². The largest absolute Gasteiger partial charge is 0.547 e. The third-order valence-corrected chi connectivity index (χ3v) is 0.755. The monoisotopic (exact) mass is 95.0 g/mol. The molecule has 0 radical (unpaired) electrons. The molecule has 0 spiro atoms. The molecule has 1 N–H and O–H groups in total. The fourth-order valence-corrected chi connectivity index (χ4v) is 0.451. The molecule has 0 aliphatic heterocycles. The second-order valence-corrected chi connectivity index (χ2v) is 1.43. The Kier molecular flexibility index (Phi) is 0.754. The lowest BCUT2D eigenvalue weighted by Crippen LogP contribution is -1.92. The molecule has 1 rings (SSSR count). The lowest BCUT2D eigenvalue weighted by Gasteiger charge is -1.60. The van der Waals surface area contributed by atoms with Crippen molar-refractivity contribution in [3.8, 4) is 0 Å². The number of furan rings is 1. The van der Waals surface area contributed by atoms with Gasteiger partial charge in [0.05, 0.1) is 0 Å². The SMILES string of the molecule is C=c1ccc(=C)[oH+]1. The molecule has 0 atom stereocenters. The Balaban J connectivity index is 3.59. The molecule has 0 amide bonds. The van der Waals surface area contributed by atoms with Crippen molar-refractivity contribution in [2.24, 2.45) is 0 Å². The average Bonchev–Trinajstić information content (AvgIpc) is 1.87. The van der Waals surface area contributed by atoms with Crippen LogP contribution in [0.4, 0.5) is 0 Å². The van der Waals surface area contributed by atoms with Gasteiger partial charge in [-0.3, -0.25) is 0 Å². The maximum Gasteiger partial charge on any atom is 0.253 e. The zero-order valence-corrected chi connectivity index (χ0v) is 4.02. The summed E-state index contributed by atoms with van der Waals surface area (Å²) in [6.45, 7) is 7.18. The van der Waals surface area contributed by atoms with E-state index < -0.39 is 0 Å². The second kappa shape index (κ2) is 1.26. The first-order valence-electron chi connectivity index (χ1n) is 2.07. The van der Waals surface area contributed by atoms with Crippen LogP contribution in [0.15, 0.2) is 16.5 Å². The Morgan fingerprint density at radius 1 is 1.14 bits per heavy atom. The smallest absolute Gasteiger partial charge is 0.253 e. The molecule has 1 heterocycles. The van der Waals surface area contributed by atoms with E-state index in [0.29, 0.717) is 0 Å². The summed E-state index contributed by atoms with van der Waals surface area (Å²) in [5.74, 6) is 0. The summed E-state index contributed by atoms with van der Waals surface area (Å²) in [6, 6.07) is 3.67. The molecule has 1 aromatic heterocycles. The van der Waals surface area contributed by atoms with Gasteiger partial charge < -0.3 is 4.42 Å². The van der Waals surface area contributed by atoms with E-state index in [9.17, 15) is 0 Å². The van der Waals surface area contributed by atoms with Gasteiger partial charge in [-0.1, -0.05) is 0 Å². The van der Waals surface area contributed by atoms with Crippen molar-refractivity contribution in [2.75, 3.05) is 0 Å². The van der Waals surface area contributed by atoms with Crippen LogP contribution in [-0.2, 0) is 0 Å². The minimum Gasteiger partial charge on any atom is -0.547 e. The van der Waals surface area contributed by atoms with Crippen molar-refractivity contribution < 1.29 is 4.42 Å². The van der Waals surface area contributed by atoms with E-state index in [0.717, 1.165) is 10.8 Å². The molecule has 7 heavy (non-hydrogen) atoms. The molecule has 0 unspecified atom stereocenters. The predicted molar refractivity (Wildman–Crippen MR) is 30.1 cm³/mol. The Morgan fingerprint density at radius 2 is 1.57 bits per heavy atom. The van der Waals surface area contributed by atoms with Crippen molar-refractivity contribution in [1.29, 1.82) is 0 Å². The number of hydrogen-bond donors (Lipinski definition) is 0. The minimum absolute atomic E-state index is 0.796. The van der Waals surface area contributed by atoms with Crippen molar-refractivity contribution in [2.45, 2.75) is 0 Å². The molecular formula is C6H7O+. The van der Waals surface area contributed by atoms with Crippen LogP contribution in [0.5, 0.6) is 0 Å². The fourth-order valence-electron chi connectivity index (χ4n) is 0.451. The fraction of sp³-hybridized carbons (Fsp3) is 0. The van der Waals surface area contributed by atoms with Crippen molar-refractivity contribution in [1.82, 2.24) is 0 Å². The third-order valence-electron chi connectivity index (χ3n) is 0.755. The van der Waals surface area contributed by atoms with Crippen LogP contribution in [0.2, 0.25) is 0 Å². The lowest BCUT2D eigenvalue weighted by molar-refractivity contribution is 0.505. The summed E-state index contributed by atoms with van der Waals surface area (Å²) in [4.78, 5) is 0. The maximum absolute atomic E-state index is 3.89. The topological polar surface area (TPSA) is 12.8 Å². The minimum atomic E-state index is 0.796. The Labute approximate surface area is 41.6 Å². The van der Waals surface area contributed by atoms with Gasteiger partial charge in [-0.25, -0.2) is 0 Å². The zero-order valence-electron chi connectivity index (χ0n) is 4.02. The van der Waals surface area contributed by atoms with Gasteiger partial charge in [0.2, 0.25) is 0 Å². The van der Waals surface area contributed by atoms with Crippen LogP contribution in [0, 0.1) is 0 Å². The first kappa shape index (κ1) is 4.19. The Morgan fingerprint density at radius 3 is 1.71 bits per heavy atom. The Hall–Kier alpha value is -0.980. The van der Waals surface area contributed by atoms with Gasteiger partial charge in [-0.15, -0.1) is 0 Å². The van der Waals surface area contributed by atoms with E-state index in [1.54, 1.807) is 0 Å². The predicted octanol–water partition coefficient (Wildman–Crippen LogP) is 0.213. The third kappa shape index (κ3) is 0.712. The molecule has 0 saturated heterocycles. The Bertz CT molecular complexity index is 208. The van der Waals surface area contributed by atoms with Gasteiger partial charge in [0.15, 0.2) is 0 Å². The first-order valence-corrected chi connectivity index (χ1v) is 2.07. The van der Waals surface area contributed by atoms with Gasteiger partial charge in [-0.2, -0.15) is 0 Å². The summed E-state index contributed by atoms with van der Waals surface area (Å²) >= 11 is 0. The van der Waals surface area contributed by atoms with Gasteiger partial charge >= 0.3 is 0 Å². The van der Waals surface area contributed by atoms with Gasteiger partial charge in [0.25, 0.3) is 10.8 Å². The van der Waals surface area contributed by atoms with Crippen LogP contribution < -0.4 is 10.8 Å². The van der Waals surface area contributed by atoms with Gasteiger partial charge in [-0.05, 0) is 13.2 Å². The number of hydrogen-bond acceptors (Lipinski definition) is 0. The first-order chi connectivity index (χ1) is 3.29. The second-order valence-electron chi connectivity index (χ2n) is 1.43. The van der Waals surface area contributed by atoms with E-state index in [2.05, 4.69) is 17.6 Å². The molecule has 0 aliphatic carbocycles. The quantitative estimate of drug-likeness (QED) is 0.409. The van der Waals surface area contributed by atoms with E-state index in [1.165, 1.54) is 0 Å². The van der Waals surface area contributed by atoms with Gasteiger partial charge in [0.1, 0.15) is 0 Å². The maximum atomic E-state index is 3.89. The highest BCUT2D eigenvalue weighted by Gasteiger charge is 1.81. The average molecular weight is 95.1 g/mol. The van der Waals surface area contributed by atoms with Crippen LogP contribution in [-0.4, -0.2) is 0 Å². The van der Waals surface area contributed by atoms with Crippen LogP contribution >= 0.6 is 0 Å². The lowest BCUT2D eigenvalue weighted by atomic mass is 10.6. The highest BCUT2D eigenvalue weighted by molar-refractivity contribution is 5.00. The zero-order chi connectivity index (χ0) is 5.28. The molecule has 0 saturated carbocycles.